The highest BCUT2D eigenvalue weighted by atomic mass is 15.1. The first-order valence-corrected chi connectivity index (χ1v) is 6.59. The molecule has 90 valence electrons. The number of hydrogen-bond acceptors (Lipinski definition) is 2. The van der Waals surface area contributed by atoms with Gasteiger partial charge in [0.1, 0.15) is 0 Å². The summed E-state index contributed by atoms with van der Waals surface area (Å²) in [5, 5.41) is 0. The quantitative estimate of drug-likeness (QED) is 0.758. The molecule has 0 atom stereocenters. The van der Waals surface area contributed by atoms with E-state index in [0.29, 0.717) is 6.04 Å². The minimum absolute atomic E-state index is 0.487. The summed E-state index contributed by atoms with van der Waals surface area (Å²) in [6, 6.07) is 0.487. The molecule has 1 aliphatic rings. The topological polar surface area (TPSA) is 29.3 Å². The molecule has 0 amide bonds. The first kappa shape index (κ1) is 13.0. The smallest absolute Gasteiger partial charge is 0.00390 e. The van der Waals surface area contributed by atoms with Gasteiger partial charge in [0.05, 0.1) is 0 Å². The predicted molar refractivity (Wildman–Crippen MR) is 66.9 cm³/mol. The van der Waals surface area contributed by atoms with Gasteiger partial charge in [-0.15, -0.1) is 0 Å². The molecule has 1 saturated carbocycles. The molecule has 2 N–H and O–H groups in total. The largest absolute Gasteiger partial charge is 0.328 e. The standard InChI is InChI=1S/C13H28N2/c1-4-15(9-11(2)3)10-12-5-7-13(14)8-6-12/h11-13H,4-10,14H2,1-3H3. The Bertz CT molecular complexity index is 160. The van der Waals surface area contributed by atoms with E-state index in [2.05, 4.69) is 25.7 Å². The SMILES string of the molecule is CCN(CC(C)C)CC1CCC(N)CC1. The van der Waals surface area contributed by atoms with Gasteiger partial charge >= 0.3 is 0 Å². The lowest BCUT2D eigenvalue weighted by Gasteiger charge is -2.31. The molecule has 0 aromatic rings. The van der Waals surface area contributed by atoms with Crippen LogP contribution in [0.3, 0.4) is 0 Å². The summed E-state index contributed by atoms with van der Waals surface area (Å²) < 4.78 is 0. The molecule has 0 unspecified atom stereocenters. The van der Waals surface area contributed by atoms with Gasteiger partial charge in [-0.1, -0.05) is 20.8 Å². The molecule has 0 aromatic heterocycles. The van der Waals surface area contributed by atoms with Crippen molar-refractivity contribution in [1.82, 2.24) is 4.90 Å². The fraction of sp³-hybridized carbons (Fsp3) is 1.00. The van der Waals surface area contributed by atoms with Crippen molar-refractivity contribution in [2.45, 2.75) is 52.5 Å². The highest BCUT2D eigenvalue weighted by Gasteiger charge is 2.20. The highest BCUT2D eigenvalue weighted by Crippen LogP contribution is 2.24. The molecule has 0 saturated heterocycles. The van der Waals surface area contributed by atoms with Crippen LogP contribution in [-0.4, -0.2) is 30.6 Å². The van der Waals surface area contributed by atoms with Crippen LogP contribution in [0.2, 0.25) is 0 Å². The average molecular weight is 212 g/mol. The molecule has 2 nitrogen and oxygen atoms in total. The van der Waals surface area contributed by atoms with Gasteiger partial charge < -0.3 is 10.6 Å². The minimum Gasteiger partial charge on any atom is -0.328 e. The Balaban J connectivity index is 2.25. The first-order valence-electron chi connectivity index (χ1n) is 6.59. The maximum atomic E-state index is 5.93. The van der Waals surface area contributed by atoms with Gasteiger partial charge in [0.2, 0.25) is 0 Å². The van der Waals surface area contributed by atoms with Crippen LogP contribution in [0, 0.1) is 11.8 Å². The van der Waals surface area contributed by atoms with Crippen LogP contribution in [0.15, 0.2) is 0 Å². The van der Waals surface area contributed by atoms with Gasteiger partial charge in [-0.25, -0.2) is 0 Å². The number of nitrogens with zero attached hydrogens (tertiary/aromatic N) is 1. The van der Waals surface area contributed by atoms with Crippen LogP contribution >= 0.6 is 0 Å². The van der Waals surface area contributed by atoms with Gasteiger partial charge in [0, 0.05) is 19.1 Å². The molecule has 0 spiro atoms. The van der Waals surface area contributed by atoms with Gasteiger partial charge in [0.25, 0.3) is 0 Å². The van der Waals surface area contributed by atoms with Crippen LogP contribution in [0.4, 0.5) is 0 Å². The summed E-state index contributed by atoms with van der Waals surface area (Å²) in [5.74, 6) is 1.69. The molecule has 2 heteroatoms. The highest BCUT2D eigenvalue weighted by molar-refractivity contribution is 4.76. The summed E-state index contributed by atoms with van der Waals surface area (Å²) in [4.78, 5) is 2.60. The van der Waals surface area contributed by atoms with Crippen molar-refractivity contribution < 1.29 is 0 Å². The van der Waals surface area contributed by atoms with Crippen molar-refractivity contribution in [3.8, 4) is 0 Å². The predicted octanol–water partition coefficient (Wildman–Crippen LogP) is 2.48. The zero-order valence-corrected chi connectivity index (χ0v) is 10.7. The van der Waals surface area contributed by atoms with Crippen molar-refractivity contribution in [1.29, 1.82) is 0 Å². The van der Waals surface area contributed by atoms with Crippen LogP contribution in [0.5, 0.6) is 0 Å². The van der Waals surface area contributed by atoms with E-state index in [1.54, 1.807) is 0 Å². The number of hydrogen-bond donors (Lipinski definition) is 1. The Morgan fingerprint density at radius 1 is 1.20 bits per heavy atom. The van der Waals surface area contributed by atoms with Crippen molar-refractivity contribution in [3.63, 3.8) is 0 Å². The Kier molecular flexibility index (Phi) is 5.62. The maximum absolute atomic E-state index is 5.93. The molecular weight excluding hydrogens is 184 g/mol. The Morgan fingerprint density at radius 2 is 1.80 bits per heavy atom. The lowest BCUT2D eigenvalue weighted by atomic mass is 9.86. The molecule has 15 heavy (non-hydrogen) atoms. The molecule has 0 aliphatic heterocycles. The van der Waals surface area contributed by atoms with E-state index in [-0.39, 0.29) is 0 Å². The van der Waals surface area contributed by atoms with Gasteiger partial charge in [-0.05, 0) is 44.1 Å². The molecule has 1 rings (SSSR count). The fourth-order valence-corrected chi connectivity index (χ4v) is 2.59. The second kappa shape index (κ2) is 6.49. The second-order valence-corrected chi connectivity index (χ2v) is 5.53. The fourth-order valence-electron chi connectivity index (χ4n) is 2.59. The molecule has 0 bridgehead atoms. The van der Waals surface area contributed by atoms with Gasteiger partial charge in [-0.3, -0.25) is 0 Å². The normalized spacial score (nSPS) is 27.6. The van der Waals surface area contributed by atoms with E-state index >= 15 is 0 Å². The van der Waals surface area contributed by atoms with E-state index in [9.17, 15) is 0 Å². The van der Waals surface area contributed by atoms with Gasteiger partial charge in [0.15, 0.2) is 0 Å². The second-order valence-electron chi connectivity index (χ2n) is 5.53. The minimum atomic E-state index is 0.487. The van der Waals surface area contributed by atoms with Crippen molar-refractivity contribution in [3.05, 3.63) is 0 Å². The third-order valence-electron chi connectivity index (χ3n) is 3.48. The van der Waals surface area contributed by atoms with Crippen molar-refractivity contribution in [2.24, 2.45) is 17.6 Å². The molecular formula is C13H28N2. The monoisotopic (exact) mass is 212 g/mol. The van der Waals surface area contributed by atoms with E-state index in [1.165, 1.54) is 45.3 Å². The Hall–Kier alpha value is -0.0800. The zero-order valence-electron chi connectivity index (χ0n) is 10.7. The van der Waals surface area contributed by atoms with Crippen molar-refractivity contribution in [2.75, 3.05) is 19.6 Å². The number of nitrogens with two attached hydrogens (primary N) is 1. The molecule has 1 fully saturated rings. The molecule has 0 aromatic carbocycles. The summed E-state index contributed by atoms with van der Waals surface area (Å²) in [6.07, 6.45) is 5.17. The summed E-state index contributed by atoms with van der Waals surface area (Å²) in [5.41, 5.74) is 5.93. The van der Waals surface area contributed by atoms with E-state index in [1.807, 2.05) is 0 Å². The molecule has 0 heterocycles. The van der Waals surface area contributed by atoms with Crippen LogP contribution in [-0.2, 0) is 0 Å². The average Bonchev–Trinajstić information content (AvgIpc) is 2.19. The van der Waals surface area contributed by atoms with Crippen LogP contribution in [0.25, 0.3) is 0 Å². The summed E-state index contributed by atoms with van der Waals surface area (Å²) in [7, 11) is 0. The van der Waals surface area contributed by atoms with E-state index in [4.69, 9.17) is 5.73 Å². The Labute approximate surface area is 95.2 Å². The van der Waals surface area contributed by atoms with Crippen molar-refractivity contribution >= 4 is 0 Å². The maximum Gasteiger partial charge on any atom is 0.00390 e. The Morgan fingerprint density at radius 3 is 2.27 bits per heavy atom. The van der Waals surface area contributed by atoms with Crippen LogP contribution in [0.1, 0.15) is 46.5 Å². The third kappa shape index (κ3) is 4.98. The van der Waals surface area contributed by atoms with Gasteiger partial charge in [-0.2, -0.15) is 0 Å². The molecule has 0 radical (unpaired) electrons. The summed E-state index contributed by atoms with van der Waals surface area (Å²) >= 11 is 0. The third-order valence-corrected chi connectivity index (χ3v) is 3.48. The van der Waals surface area contributed by atoms with E-state index in [0.717, 1.165) is 11.8 Å². The first-order chi connectivity index (χ1) is 7.11. The lowest BCUT2D eigenvalue weighted by Crippen LogP contribution is -2.36. The summed E-state index contributed by atoms with van der Waals surface area (Å²) in [6.45, 7) is 10.6. The molecule has 1 aliphatic carbocycles. The number of rotatable bonds is 5. The van der Waals surface area contributed by atoms with E-state index < -0.39 is 0 Å². The lowest BCUT2D eigenvalue weighted by molar-refractivity contribution is 0.186. The zero-order chi connectivity index (χ0) is 11.3. The van der Waals surface area contributed by atoms with Crippen LogP contribution < -0.4 is 5.73 Å².